The molecule has 0 amide bonds. The highest BCUT2D eigenvalue weighted by molar-refractivity contribution is 7.89. The predicted octanol–water partition coefficient (Wildman–Crippen LogP) is 3.64. The van der Waals surface area contributed by atoms with E-state index in [-0.39, 0.29) is 22.9 Å². The monoisotopic (exact) mass is 556 g/mol. The highest BCUT2D eigenvalue weighted by Gasteiger charge is 2.22. The van der Waals surface area contributed by atoms with Gasteiger partial charge in [0, 0.05) is 51.3 Å². The van der Waals surface area contributed by atoms with E-state index in [1.807, 2.05) is 6.92 Å². The molecule has 0 spiro atoms. The summed E-state index contributed by atoms with van der Waals surface area (Å²) in [6, 6.07) is 11.3. The molecule has 0 unspecified atom stereocenters. The van der Waals surface area contributed by atoms with Crippen LogP contribution in [-0.2, 0) is 33.0 Å². The van der Waals surface area contributed by atoms with Gasteiger partial charge in [-0.3, -0.25) is 0 Å². The van der Waals surface area contributed by atoms with Gasteiger partial charge in [0.2, 0.25) is 20.0 Å². The molecule has 12 heteroatoms. The molecule has 3 aromatic rings. The number of hydrogen-bond acceptors (Lipinski definition) is 5. The molecular weight excluding hydrogens is 527 g/mol. The van der Waals surface area contributed by atoms with Gasteiger partial charge in [0.1, 0.15) is 5.83 Å². The van der Waals surface area contributed by atoms with Crippen molar-refractivity contribution in [3.63, 3.8) is 0 Å². The Morgan fingerprint density at radius 1 is 0.972 bits per heavy atom. The van der Waals surface area contributed by atoms with E-state index in [4.69, 9.17) is 11.8 Å². The first-order valence-corrected chi connectivity index (χ1v) is 14.3. The van der Waals surface area contributed by atoms with Crippen LogP contribution in [0.4, 0.5) is 4.39 Å². The van der Waals surface area contributed by atoms with Crippen molar-refractivity contribution in [3.8, 4) is 0 Å². The van der Waals surface area contributed by atoms with E-state index in [9.17, 15) is 21.2 Å². The molecule has 0 radical (unpaired) electrons. The van der Waals surface area contributed by atoms with Crippen LogP contribution in [0, 0.1) is 6.92 Å². The highest BCUT2D eigenvalue weighted by atomic mass is 35.5. The minimum atomic E-state index is -3.68. The Morgan fingerprint density at radius 2 is 1.53 bits per heavy atom. The molecule has 0 saturated carbocycles. The average Bonchev–Trinajstić information content (AvgIpc) is 3.08. The topological polar surface area (TPSA) is 91.7 Å². The van der Waals surface area contributed by atoms with Crippen molar-refractivity contribution in [3.05, 3.63) is 71.2 Å². The molecule has 8 nitrogen and oxygen atoms in total. The third-order valence-corrected chi connectivity index (χ3v) is 9.79. The molecule has 0 aliphatic heterocycles. The van der Waals surface area contributed by atoms with Crippen LogP contribution < -0.4 is 4.84 Å². The Labute approximate surface area is 217 Å². The molecule has 0 saturated heterocycles. The summed E-state index contributed by atoms with van der Waals surface area (Å²) >= 11 is 5.44. The van der Waals surface area contributed by atoms with Crippen LogP contribution in [-0.4, -0.2) is 64.7 Å². The van der Waals surface area contributed by atoms with Gasteiger partial charge in [-0.25, -0.2) is 34.7 Å². The molecule has 0 aliphatic rings. The van der Waals surface area contributed by atoms with Crippen LogP contribution in [0.3, 0.4) is 0 Å². The van der Waals surface area contributed by atoms with Crippen LogP contribution in [0.15, 0.2) is 64.2 Å². The fraction of sp³-hybridized carbons (Fsp3) is 0.333. The molecule has 2 aromatic carbocycles. The van der Waals surface area contributed by atoms with Crippen molar-refractivity contribution in [2.45, 2.75) is 29.7 Å². The summed E-state index contributed by atoms with van der Waals surface area (Å²) in [4.78, 5) is 2.67. The van der Waals surface area contributed by atoms with Crippen LogP contribution >= 0.6 is 11.8 Å². The number of nitrogens with zero attached hydrogens (tertiary/aromatic N) is 3. The smallest absolute Gasteiger partial charge is 0.242 e. The number of fused-ring (bicyclic) bond motifs is 1. The zero-order valence-corrected chi connectivity index (χ0v) is 23.2. The molecule has 0 atom stereocenters. The largest absolute Gasteiger partial charge is 0.338 e. The number of benzene rings is 2. The Balaban J connectivity index is 2.14. The summed E-state index contributed by atoms with van der Waals surface area (Å²) in [6.45, 7) is 1.97. The van der Waals surface area contributed by atoms with Gasteiger partial charge < -0.3 is 4.57 Å². The maximum atomic E-state index is 14.6. The van der Waals surface area contributed by atoms with E-state index in [0.29, 0.717) is 17.3 Å². The molecule has 0 aliphatic carbocycles. The fourth-order valence-electron chi connectivity index (χ4n) is 3.89. The molecular formula is C24H30ClFN4O4S2. The molecule has 36 heavy (non-hydrogen) atoms. The molecule has 3 rings (SSSR count). The van der Waals surface area contributed by atoms with Crippen LogP contribution in [0.25, 0.3) is 10.9 Å². The first-order valence-electron chi connectivity index (χ1n) is 11.0. The lowest BCUT2D eigenvalue weighted by molar-refractivity contribution is 0.520. The predicted molar refractivity (Wildman–Crippen MR) is 141 cm³/mol. The quantitative estimate of drug-likeness (QED) is 0.385. The van der Waals surface area contributed by atoms with Crippen molar-refractivity contribution in [1.82, 2.24) is 18.0 Å². The molecule has 1 N–H and O–H groups in total. The van der Waals surface area contributed by atoms with E-state index in [1.54, 1.807) is 41.0 Å². The van der Waals surface area contributed by atoms with Gasteiger partial charge in [-0.2, -0.15) is 0 Å². The number of nitrogens with one attached hydrogen (secondary N) is 1. The number of allylic oxidation sites excluding steroid dienone is 1. The van der Waals surface area contributed by atoms with Gasteiger partial charge in [0.25, 0.3) is 0 Å². The molecule has 1 heterocycles. The van der Waals surface area contributed by atoms with Crippen molar-refractivity contribution >= 4 is 42.7 Å². The van der Waals surface area contributed by atoms with Gasteiger partial charge in [-0.05, 0) is 72.7 Å². The first-order chi connectivity index (χ1) is 16.8. The van der Waals surface area contributed by atoms with Crippen LogP contribution in [0.2, 0.25) is 0 Å². The third-order valence-electron chi connectivity index (χ3n) is 6.00. The molecule has 1 aromatic heterocycles. The van der Waals surface area contributed by atoms with Crippen molar-refractivity contribution in [1.29, 1.82) is 0 Å². The second-order valence-corrected chi connectivity index (χ2v) is 13.3. The first kappa shape index (κ1) is 28.3. The zero-order chi connectivity index (χ0) is 26.8. The maximum Gasteiger partial charge on any atom is 0.242 e. The summed E-state index contributed by atoms with van der Waals surface area (Å²) < 4.78 is 69.1. The number of hydrogen-bond donors (Lipinski definition) is 1. The van der Waals surface area contributed by atoms with Crippen LogP contribution in [0.1, 0.15) is 16.8 Å². The average molecular weight is 557 g/mol. The minimum absolute atomic E-state index is 0.0410. The number of aromatic nitrogens is 1. The second kappa shape index (κ2) is 11.0. The van der Waals surface area contributed by atoms with Gasteiger partial charge in [-0.1, -0.05) is 12.1 Å². The fourth-order valence-corrected chi connectivity index (χ4v) is 5.80. The summed E-state index contributed by atoms with van der Waals surface area (Å²) in [7, 11) is -1.38. The summed E-state index contributed by atoms with van der Waals surface area (Å²) in [5.41, 5.74) is 3.12. The Morgan fingerprint density at radius 3 is 2.08 bits per heavy atom. The van der Waals surface area contributed by atoms with Crippen molar-refractivity contribution in [2.75, 3.05) is 34.7 Å². The summed E-state index contributed by atoms with van der Waals surface area (Å²) in [5, 5.41) is 0.684. The van der Waals surface area contributed by atoms with Crippen molar-refractivity contribution < 1.29 is 21.2 Å². The third kappa shape index (κ3) is 5.66. The lowest BCUT2D eigenvalue weighted by Gasteiger charge is -2.12. The second-order valence-electron chi connectivity index (χ2n) is 8.71. The van der Waals surface area contributed by atoms with E-state index in [1.165, 1.54) is 40.3 Å². The van der Waals surface area contributed by atoms with E-state index in [2.05, 4.69) is 4.84 Å². The molecule has 0 bridgehead atoms. The normalized spacial score (nSPS) is 13.3. The number of halogens is 2. The van der Waals surface area contributed by atoms with Crippen molar-refractivity contribution in [2.24, 2.45) is 0 Å². The van der Waals surface area contributed by atoms with Gasteiger partial charge >= 0.3 is 0 Å². The number of rotatable bonds is 10. The highest BCUT2D eigenvalue weighted by Crippen LogP contribution is 2.32. The van der Waals surface area contributed by atoms with Gasteiger partial charge in [0.15, 0.2) is 0 Å². The Hall–Kier alpha value is -2.28. The molecule has 196 valence electrons. The molecule has 0 fully saturated rings. The summed E-state index contributed by atoms with van der Waals surface area (Å²) in [6.07, 6.45) is 1.74. The maximum absolute atomic E-state index is 14.6. The number of sulfonamides is 2. The lowest BCUT2D eigenvalue weighted by atomic mass is 10.0. The van der Waals surface area contributed by atoms with Crippen LogP contribution in [0.5, 0.6) is 0 Å². The van der Waals surface area contributed by atoms with Gasteiger partial charge in [0.05, 0.1) is 16.3 Å². The minimum Gasteiger partial charge on any atom is -0.338 e. The van der Waals surface area contributed by atoms with E-state index >= 15 is 0 Å². The Kier molecular flexibility index (Phi) is 8.64. The van der Waals surface area contributed by atoms with E-state index in [0.717, 1.165) is 25.4 Å². The summed E-state index contributed by atoms with van der Waals surface area (Å²) in [5.74, 6) is -0.391. The van der Waals surface area contributed by atoms with E-state index < -0.39 is 25.9 Å². The standard InChI is InChI=1S/C24H30ClFN4O4S2/c1-17-22(14-18-6-8-20(9-7-18)35(31,32)28(2)3)23-15-21(36(33,34)29(4)5)10-11-24(23)30(17)16-19(26)12-13-27-25/h6-12,15,27H,13-14,16H2,1-5H3/b19-12-. The van der Waals surface area contributed by atoms with Gasteiger partial charge in [-0.15, -0.1) is 0 Å². The lowest BCUT2D eigenvalue weighted by Crippen LogP contribution is -2.22. The zero-order valence-electron chi connectivity index (χ0n) is 20.8. The SMILES string of the molecule is Cc1c(Cc2ccc(S(=O)(=O)N(C)C)cc2)c2cc(S(=O)(=O)N(C)C)ccc2n1C/C(F)=C/CNCl. The Bertz CT molecular complexity index is 1500.